The van der Waals surface area contributed by atoms with E-state index in [9.17, 15) is 14.7 Å². The zero-order chi connectivity index (χ0) is 35.7. The second-order valence-electron chi connectivity index (χ2n) is 13.3. The Balaban J connectivity index is 3.63. The highest BCUT2D eigenvalue weighted by Crippen LogP contribution is 2.15. The molecule has 5 nitrogen and oxygen atoms in total. The SMILES string of the molecule is CC/C=C/C/C=C/C/C=C/C/C=C/C/C=C/CCCC(=O)OC[C@H](CO)OC(=O)CCCCCCCCCCCCCCCCCCCC. The van der Waals surface area contributed by atoms with Gasteiger partial charge in [-0.25, -0.2) is 0 Å². The van der Waals surface area contributed by atoms with Crippen LogP contribution in [0.4, 0.5) is 0 Å². The number of hydrogen-bond acceptors (Lipinski definition) is 5. The molecule has 0 unspecified atom stereocenters. The van der Waals surface area contributed by atoms with Crippen LogP contribution in [-0.4, -0.2) is 36.4 Å². The summed E-state index contributed by atoms with van der Waals surface area (Å²) < 4.78 is 10.6. The van der Waals surface area contributed by atoms with Gasteiger partial charge in [0.25, 0.3) is 0 Å². The van der Waals surface area contributed by atoms with Crippen LogP contribution in [-0.2, 0) is 19.1 Å². The van der Waals surface area contributed by atoms with E-state index in [1.54, 1.807) is 0 Å². The molecular weight excluding hydrogens is 608 g/mol. The summed E-state index contributed by atoms with van der Waals surface area (Å²) in [5.41, 5.74) is 0. The van der Waals surface area contributed by atoms with Crippen molar-refractivity contribution < 1.29 is 24.2 Å². The molecule has 282 valence electrons. The molecule has 0 spiro atoms. The highest BCUT2D eigenvalue weighted by atomic mass is 16.6. The third-order valence-electron chi connectivity index (χ3n) is 8.58. The van der Waals surface area contributed by atoms with Crippen molar-refractivity contribution in [1.29, 1.82) is 0 Å². The van der Waals surface area contributed by atoms with E-state index in [0.29, 0.717) is 19.3 Å². The summed E-state index contributed by atoms with van der Waals surface area (Å²) in [5.74, 6) is -0.657. The van der Waals surface area contributed by atoms with Gasteiger partial charge in [0.2, 0.25) is 0 Å². The topological polar surface area (TPSA) is 72.8 Å². The Morgan fingerprint density at radius 3 is 1.31 bits per heavy atom. The number of aliphatic hydroxyl groups is 1. The second kappa shape index (κ2) is 40.0. The molecule has 0 aliphatic heterocycles. The normalized spacial score (nSPS) is 12.8. The van der Waals surface area contributed by atoms with Crippen molar-refractivity contribution in [2.45, 2.75) is 193 Å². The van der Waals surface area contributed by atoms with Crippen LogP contribution in [0.25, 0.3) is 0 Å². The summed E-state index contributed by atoms with van der Waals surface area (Å²) in [6.45, 7) is 3.98. The van der Waals surface area contributed by atoms with E-state index in [2.05, 4.69) is 74.6 Å². The summed E-state index contributed by atoms with van der Waals surface area (Å²) >= 11 is 0. The van der Waals surface area contributed by atoms with E-state index < -0.39 is 6.10 Å². The van der Waals surface area contributed by atoms with Gasteiger partial charge in [0.1, 0.15) is 6.61 Å². The lowest BCUT2D eigenvalue weighted by atomic mass is 10.0. The highest BCUT2D eigenvalue weighted by molar-refractivity contribution is 5.70. The lowest BCUT2D eigenvalue weighted by Crippen LogP contribution is -2.28. The van der Waals surface area contributed by atoms with E-state index in [0.717, 1.165) is 57.8 Å². The van der Waals surface area contributed by atoms with Crippen molar-refractivity contribution >= 4 is 11.9 Å². The summed E-state index contributed by atoms with van der Waals surface area (Å²) in [6.07, 6.45) is 51.5. The molecule has 0 aliphatic rings. The lowest BCUT2D eigenvalue weighted by Gasteiger charge is -2.15. The zero-order valence-electron chi connectivity index (χ0n) is 31.9. The molecule has 0 aliphatic carbocycles. The average Bonchev–Trinajstić information content (AvgIpc) is 3.10. The molecule has 0 saturated carbocycles. The van der Waals surface area contributed by atoms with Gasteiger partial charge in [0.15, 0.2) is 6.10 Å². The predicted molar refractivity (Wildman–Crippen MR) is 210 cm³/mol. The molecule has 1 N–H and O–H groups in total. The smallest absolute Gasteiger partial charge is 0.306 e. The average molecular weight is 685 g/mol. The molecule has 49 heavy (non-hydrogen) atoms. The third-order valence-corrected chi connectivity index (χ3v) is 8.58. The highest BCUT2D eigenvalue weighted by Gasteiger charge is 2.16. The van der Waals surface area contributed by atoms with Crippen LogP contribution < -0.4 is 0 Å². The van der Waals surface area contributed by atoms with Crippen LogP contribution in [0.1, 0.15) is 187 Å². The van der Waals surface area contributed by atoms with Gasteiger partial charge in [-0.15, -0.1) is 0 Å². The number of aliphatic hydroxyl groups excluding tert-OH is 1. The minimum absolute atomic E-state index is 0.0954. The first-order valence-corrected chi connectivity index (χ1v) is 20.3. The van der Waals surface area contributed by atoms with Gasteiger partial charge >= 0.3 is 11.9 Å². The molecule has 1 atom stereocenters. The second-order valence-corrected chi connectivity index (χ2v) is 13.3. The van der Waals surface area contributed by atoms with Crippen LogP contribution in [0.15, 0.2) is 60.8 Å². The number of hydrogen-bond donors (Lipinski definition) is 1. The Bertz CT molecular complexity index is 869. The van der Waals surface area contributed by atoms with Crippen LogP contribution in [0.3, 0.4) is 0 Å². The van der Waals surface area contributed by atoms with E-state index in [1.807, 2.05) is 0 Å². The molecule has 0 saturated heterocycles. The van der Waals surface area contributed by atoms with Gasteiger partial charge in [0, 0.05) is 12.8 Å². The number of unbranched alkanes of at least 4 members (excludes halogenated alkanes) is 18. The monoisotopic (exact) mass is 685 g/mol. The molecule has 0 aromatic rings. The molecule has 0 amide bonds. The van der Waals surface area contributed by atoms with Crippen molar-refractivity contribution in [2.75, 3.05) is 13.2 Å². The molecule has 0 bridgehead atoms. The van der Waals surface area contributed by atoms with Crippen molar-refractivity contribution in [3.05, 3.63) is 60.8 Å². The fraction of sp³-hybridized carbons (Fsp3) is 0.727. The summed E-state index contributed by atoms with van der Waals surface area (Å²) in [6, 6.07) is 0. The van der Waals surface area contributed by atoms with Crippen LogP contribution >= 0.6 is 0 Å². The molecule has 0 radical (unpaired) electrons. The van der Waals surface area contributed by atoms with Gasteiger partial charge < -0.3 is 14.6 Å². The fourth-order valence-corrected chi connectivity index (χ4v) is 5.53. The maximum absolute atomic E-state index is 12.2. The number of rotatable bonds is 36. The number of ether oxygens (including phenoxy) is 2. The third kappa shape index (κ3) is 38.3. The first-order chi connectivity index (χ1) is 24.1. The lowest BCUT2D eigenvalue weighted by molar-refractivity contribution is -0.161. The Hall–Kier alpha value is -2.40. The van der Waals surface area contributed by atoms with E-state index >= 15 is 0 Å². The Morgan fingerprint density at radius 2 is 0.878 bits per heavy atom. The quantitative estimate of drug-likeness (QED) is 0.0404. The molecule has 0 heterocycles. The van der Waals surface area contributed by atoms with Gasteiger partial charge in [-0.2, -0.15) is 0 Å². The van der Waals surface area contributed by atoms with Crippen molar-refractivity contribution in [1.82, 2.24) is 0 Å². The van der Waals surface area contributed by atoms with Crippen LogP contribution in [0.5, 0.6) is 0 Å². The molecule has 5 heteroatoms. The Kier molecular flexibility index (Phi) is 38.1. The van der Waals surface area contributed by atoms with Crippen LogP contribution in [0, 0.1) is 0 Å². The predicted octanol–water partition coefficient (Wildman–Crippen LogP) is 12.8. The molecular formula is C44H76O5. The van der Waals surface area contributed by atoms with E-state index in [-0.39, 0.29) is 25.2 Å². The first-order valence-electron chi connectivity index (χ1n) is 20.3. The zero-order valence-corrected chi connectivity index (χ0v) is 31.9. The minimum atomic E-state index is -0.794. The van der Waals surface area contributed by atoms with Crippen molar-refractivity contribution in [2.24, 2.45) is 0 Å². The first kappa shape index (κ1) is 46.6. The maximum Gasteiger partial charge on any atom is 0.306 e. The summed E-state index contributed by atoms with van der Waals surface area (Å²) in [4.78, 5) is 24.3. The van der Waals surface area contributed by atoms with E-state index in [1.165, 1.54) is 96.3 Å². The van der Waals surface area contributed by atoms with Gasteiger partial charge in [-0.1, -0.05) is 184 Å². The Morgan fingerprint density at radius 1 is 0.490 bits per heavy atom. The maximum atomic E-state index is 12.2. The fourth-order valence-electron chi connectivity index (χ4n) is 5.53. The van der Waals surface area contributed by atoms with Crippen LogP contribution in [0.2, 0.25) is 0 Å². The molecule has 0 rings (SSSR count). The van der Waals surface area contributed by atoms with Gasteiger partial charge in [-0.05, 0) is 51.4 Å². The van der Waals surface area contributed by atoms with Gasteiger partial charge in [0.05, 0.1) is 6.61 Å². The van der Waals surface area contributed by atoms with E-state index in [4.69, 9.17) is 9.47 Å². The number of allylic oxidation sites excluding steroid dienone is 10. The number of carbonyl (C=O) groups is 2. The number of esters is 2. The minimum Gasteiger partial charge on any atom is -0.462 e. The van der Waals surface area contributed by atoms with Crippen molar-refractivity contribution in [3.63, 3.8) is 0 Å². The molecule has 0 aromatic heterocycles. The van der Waals surface area contributed by atoms with Crippen molar-refractivity contribution in [3.8, 4) is 0 Å². The van der Waals surface area contributed by atoms with Gasteiger partial charge in [-0.3, -0.25) is 9.59 Å². The number of carbonyl (C=O) groups excluding carboxylic acids is 2. The molecule has 0 aromatic carbocycles. The summed E-state index contributed by atoms with van der Waals surface area (Å²) in [5, 5.41) is 9.56. The standard InChI is InChI=1S/C44H76O5/c1-3-5-7-9-11-13-15-17-19-21-23-25-27-29-31-33-35-37-39-44(47)49-42(40-45)41-48-43(46)38-36-34-32-30-28-26-24-22-20-18-16-14-12-10-8-6-4-2/h6,8,12,14,18,20,24,26,30,32,42,45H,3-5,7,9-11,13,15-17,19,21-23,25,27-29,31,33-41H2,1-2H3/b8-6+,14-12+,20-18+,26-24+,32-30+/t42-/m0/s1. The molecule has 0 fully saturated rings. The Labute approximate surface area is 302 Å². The largest absolute Gasteiger partial charge is 0.462 e. The summed E-state index contributed by atoms with van der Waals surface area (Å²) in [7, 11) is 0.